The summed E-state index contributed by atoms with van der Waals surface area (Å²) in [6.07, 6.45) is -7.68. The fraction of sp³-hybridized carbons (Fsp3) is 0.222. The molecule has 0 bridgehead atoms. The van der Waals surface area contributed by atoms with Crippen molar-refractivity contribution in [2.75, 3.05) is 7.11 Å². The number of benzene rings is 1. The van der Waals surface area contributed by atoms with Crippen LogP contribution in [-0.2, 0) is 18.9 Å². The molecule has 0 fully saturated rings. The predicted octanol–water partition coefficient (Wildman–Crippen LogP) is 4.08. The summed E-state index contributed by atoms with van der Waals surface area (Å²) in [4.78, 5) is 7.50. The number of imidazole rings is 1. The first-order chi connectivity index (χ1) is 14.5. The first-order valence-corrected chi connectivity index (χ1v) is 8.62. The number of rotatable bonds is 4. The maximum absolute atomic E-state index is 13.2. The minimum absolute atomic E-state index is 0.0858. The average molecular weight is 442 g/mol. The zero-order valence-corrected chi connectivity index (χ0v) is 15.6. The van der Waals surface area contributed by atoms with Crippen molar-refractivity contribution in [1.29, 1.82) is 0 Å². The van der Waals surface area contributed by atoms with Gasteiger partial charge in [-0.3, -0.25) is 0 Å². The quantitative estimate of drug-likeness (QED) is 0.446. The Hall–Kier alpha value is -3.64. The number of nitrogens with zero attached hydrogens (tertiary/aromatic N) is 6. The Morgan fingerprint density at radius 3 is 2.29 bits per heavy atom. The van der Waals surface area contributed by atoms with E-state index in [0.29, 0.717) is 17.5 Å². The Balaban J connectivity index is 1.78. The third-order valence-corrected chi connectivity index (χ3v) is 4.29. The van der Waals surface area contributed by atoms with E-state index in [-0.39, 0.29) is 23.7 Å². The summed E-state index contributed by atoms with van der Waals surface area (Å²) in [6, 6.07) is 7.27. The summed E-state index contributed by atoms with van der Waals surface area (Å²) in [7, 11) is 1.47. The maximum Gasteiger partial charge on any atom is 0.453 e. The molecule has 0 aliphatic carbocycles. The number of methoxy groups -OCH3 is 1. The molecule has 13 heteroatoms. The lowest BCUT2D eigenvalue weighted by molar-refractivity contribution is -0.145. The van der Waals surface area contributed by atoms with Crippen molar-refractivity contribution >= 4 is 5.65 Å². The van der Waals surface area contributed by atoms with Crippen LogP contribution in [0.15, 0.2) is 42.7 Å². The Labute approximate surface area is 169 Å². The van der Waals surface area contributed by atoms with E-state index < -0.39 is 23.7 Å². The van der Waals surface area contributed by atoms with E-state index in [1.807, 2.05) is 0 Å². The Morgan fingerprint density at radius 2 is 1.68 bits per heavy atom. The lowest BCUT2D eigenvalue weighted by Crippen LogP contribution is -2.09. The summed E-state index contributed by atoms with van der Waals surface area (Å²) >= 11 is 0. The van der Waals surface area contributed by atoms with E-state index >= 15 is 0 Å². The number of ether oxygens (including phenoxy) is 1. The highest BCUT2D eigenvalue weighted by Crippen LogP contribution is 2.31. The summed E-state index contributed by atoms with van der Waals surface area (Å²) in [5.74, 6) is -1.09. The summed E-state index contributed by atoms with van der Waals surface area (Å²) in [6.45, 7) is -0.0858. The molecule has 162 valence electrons. The van der Waals surface area contributed by atoms with Gasteiger partial charge in [0.2, 0.25) is 0 Å². The Kier molecular flexibility index (Phi) is 4.82. The summed E-state index contributed by atoms with van der Waals surface area (Å²) in [5, 5.41) is 7.15. The number of aromatic nitrogens is 6. The van der Waals surface area contributed by atoms with Gasteiger partial charge in [0.05, 0.1) is 31.6 Å². The molecule has 0 atom stereocenters. The maximum atomic E-state index is 13.2. The van der Waals surface area contributed by atoms with Gasteiger partial charge in [0.1, 0.15) is 11.4 Å². The topological polar surface area (TPSA) is 70.1 Å². The second-order valence-electron chi connectivity index (χ2n) is 6.43. The van der Waals surface area contributed by atoms with Gasteiger partial charge in [-0.1, -0.05) is 12.1 Å². The van der Waals surface area contributed by atoms with E-state index in [0.717, 1.165) is 15.3 Å². The molecule has 0 aliphatic heterocycles. The van der Waals surface area contributed by atoms with Gasteiger partial charge in [-0.2, -0.15) is 31.4 Å². The molecule has 31 heavy (non-hydrogen) atoms. The molecule has 0 aliphatic rings. The van der Waals surface area contributed by atoms with Gasteiger partial charge in [-0.25, -0.2) is 19.2 Å². The summed E-state index contributed by atoms with van der Waals surface area (Å²) in [5.41, 5.74) is -0.740. The Morgan fingerprint density at radius 1 is 0.968 bits per heavy atom. The predicted molar refractivity (Wildman–Crippen MR) is 94.1 cm³/mol. The van der Waals surface area contributed by atoms with Crippen LogP contribution in [0.3, 0.4) is 0 Å². The normalized spacial score (nSPS) is 12.5. The van der Waals surface area contributed by atoms with Crippen LogP contribution in [0.5, 0.6) is 5.75 Å². The van der Waals surface area contributed by atoms with Gasteiger partial charge in [-0.05, 0) is 23.8 Å². The monoisotopic (exact) mass is 442 g/mol. The zero-order chi connectivity index (χ0) is 22.4. The second kappa shape index (κ2) is 7.25. The summed E-state index contributed by atoms with van der Waals surface area (Å²) < 4.78 is 85.4. The van der Waals surface area contributed by atoms with Crippen molar-refractivity contribution < 1.29 is 31.1 Å². The third-order valence-electron chi connectivity index (χ3n) is 4.29. The SMILES string of the molecule is COc1ccc(Cn2nc(C(F)(F)F)nc2-c2cn3ncc(C(F)(F)F)cc3n2)cc1. The van der Waals surface area contributed by atoms with Crippen molar-refractivity contribution in [3.63, 3.8) is 0 Å². The fourth-order valence-corrected chi connectivity index (χ4v) is 2.81. The number of halogens is 6. The molecule has 4 aromatic rings. The number of hydrogen-bond acceptors (Lipinski definition) is 5. The van der Waals surface area contributed by atoms with Crippen molar-refractivity contribution in [2.24, 2.45) is 0 Å². The Bertz CT molecular complexity index is 1230. The van der Waals surface area contributed by atoms with E-state index in [2.05, 4.69) is 20.2 Å². The van der Waals surface area contributed by atoms with E-state index in [1.54, 1.807) is 24.3 Å². The van der Waals surface area contributed by atoms with Gasteiger partial charge in [-0.15, -0.1) is 5.10 Å². The smallest absolute Gasteiger partial charge is 0.453 e. The minimum Gasteiger partial charge on any atom is -0.497 e. The molecule has 4 rings (SSSR count). The van der Waals surface area contributed by atoms with Gasteiger partial charge in [0, 0.05) is 0 Å². The van der Waals surface area contributed by atoms with E-state index in [4.69, 9.17) is 4.74 Å². The molecule has 0 radical (unpaired) electrons. The highest BCUT2D eigenvalue weighted by atomic mass is 19.4. The van der Waals surface area contributed by atoms with Crippen LogP contribution in [0.25, 0.3) is 17.2 Å². The van der Waals surface area contributed by atoms with Crippen LogP contribution in [0, 0.1) is 0 Å². The van der Waals surface area contributed by atoms with Crippen LogP contribution >= 0.6 is 0 Å². The molecule has 0 saturated heterocycles. The van der Waals surface area contributed by atoms with E-state index in [9.17, 15) is 26.3 Å². The molecule has 7 nitrogen and oxygen atoms in total. The largest absolute Gasteiger partial charge is 0.497 e. The van der Waals surface area contributed by atoms with Crippen LogP contribution in [0.1, 0.15) is 17.0 Å². The average Bonchev–Trinajstić information content (AvgIpc) is 3.31. The van der Waals surface area contributed by atoms with E-state index in [1.165, 1.54) is 13.3 Å². The first kappa shape index (κ1) is 20.6. The first-order valence-electron chi connectivity index (χ1n) is 8.62. The van der Waals surface area contributed by atoms with Gasteiger partial charge >= 0.3 is 12.4 Å². The molecular formula is C18H12F6N6O. The minimum atomic E-state index is -4.82. The number of alkyl halides is 6. The van der Waals surface area contributed by atoms with Gasteiger partial charge in [0.25, 0.3) is 5.82 Å². The molecule has 0 saturated carbocycles. The highest BCUT2D eigenvalue weighted by molar-refractivity contribution is 5.56. The standard InChI is InChI=1S/C18H12F6N6O/c1-31-12-4-2-10(3-5-12)8-30-15(27-16(28-30)18(22,23)24)13-9-29-14(26-13)6-11(7-25-29)17(19,20)21/h2-7,9H,8H2,1H3. The molecule has 3 heterocycles. The zero-order valence-electron chi connectivity index (χ0n) is 15.6. The van der Waals surface area contributed by atoms with Crippen LogP contribution in [0.4, 0.5) is 26.3 Å². The molecule has 0 unspecified atom stereocenters. The number of fused-ring (bicyclic) bond motifs is 1. The van der Waals surface area contributed by atoms with Crippen LogP contribution in [-0.4, -0.2) is 36.5 Å². The molecule has 0 spiro atoms. The lowest BCUT2D eigenvalue weighted by Gasteiger charge is -2.06. The van der Waals surface area contributed by atoms with Crippen molar-refractivity contribution in [2.45, 2.75) is 18.9 Å². The van der Waals surface area contributed by atoms with Crippen molar-refractivity contribution in [3.05, 3.63) is 59.7 Å². The van der Waals surface area contributed by atoms with Crippen LogP contribution in [0.2, 0.25) is 0 Å². The van der Waals surface area contributed by atoms with Crippen LogP contribution < -0.4 is 4.74 Å². The lowest BCUT2D eigenvalue weighted by atomic mass is 10.2. The van der Waals surface area contributed by atoms with Gasteiger partial charge < -0.3 is 4.74 Å². The fourth-order valence-electron chi connectivity index (χ4n) is 2.81. The molecule has 3 aromatic heterocycles. The molecule has 1 aromatic carbocycles. The van der Waals surface area contributed by atoms with Crippen molar-refractivity contribution in [3.8, 4) is 17.3 Å². The molecular weight excluding hydrogens is 430 g/mol. The molecule has 0 amide bonds. The van der Waals surface area contributed by atoms with Gasteiger partial charge in [0.15, 0.2) is 11.5 Å². The third kappa shape index (κ3) is 4.15. The van der Waals surface area contributed by atoms with Crippen molar-refractivity contribution in [1.82, 2.24) is 29.4 Å². The highest BCUT2D eigenvalue weighted by Gasteiger charge is 2.38. The second-order valence-corrected chi connectivity index (χ2v) is 6.43. The number of hydrogen-bond donors (Lipinski definition) is 0. The molecule has 0 N–H and O–H groups in total.